The Morgan fingerprint density at radius 1 is 0.895 bits per heavy atom. The Bertz CT molecular complexity index is 1400. The van der Waals surface area contributed by atoms with E-state index in [4.69, 9.17) is 9.47 Å². The Morgan fingerprint density at radius 3 is 2.34 bits per heavy atom. The molecule has 0 aliphatic heterocycles. The van der Waals surface area contributed by atoms with Crippen molar-refractivity contribution < 1.29 is 19.1 Å². The van der Waals surface area contributed by atoms with Crippen LogP contribution in [0.25, 0.3) is 0 Å². The molecule has 0 aliphatic carbocycles. The molecule has 38 heavy (non-hydrogen) atoms. The summed E-state index contributed by atoms with van der Waals surface area (Å²) < 4.78 is 11.5. The fourth-order valence-electron chi connectivity index (χ4n) is 3.26. The molecule has 0 unspecified atom stereocenters. The number of aryl methyl sites for hydroxylation is 2. The van der Waals surface area contributed by atoms with Gasteiger partial charge < -0.3 is 9.47 Å². The van der Waals surface area contributed by atoms with Crippen LogP contribution >= 0.6 is 11.3 Å². The van der Waals surface area contributed by atoms with Crippen LogP contribution < -0.4 is 20.2 Å². The third-order valence-electron chi connectivity index (χ3n) is 5.26. The van der Waals surface area contributed by atoms with Crippen molar-refractivity contribution in [1.82, 2.24) is 15.6 Å². The highest BCUT2D eigenvalue weighted by molar-refractivity contribution is 7.15. The van der Waals surface area contributed by atoms with Crippen molar-refractivity contribution in [3.63, 3.8) is 0 Å². The predicted octanol–water partition coefficient (Wildman–Crippen LogP) is 4.56. The molecule has 194 valence electrons. The van der Waals surface area contributed by atoms with Crippen LogP contribution in [0.4, 0.5) is 5.13 Å². The van der Waals surface area contributed by atoms with Crippen LogP contribution in [-0.2, 0) is 11.2 Å². The largest absolute Gasteiger partial charge is 0.490 e. The van der Waals surface area contributed by atoms with Crippen LogP contribution in [0.3, 0.4) is 0 Å². The fourth-order valence-corrected chi connectivity index (χ4v) is 4.00. The lowest BCUT2D eigenvalue weighted by atomic mass is 10.1. The number of carbonyl (C=O) groups excluding carboxylic acids is 2. The maximum absolute atomic E-state index is 12.3. The second-order valence-corrected chi connectivity index (χ2v) is 9.40. The number of amides is 2. The molecule has 0 spiro atoms. The molecule has 0 saturated heterocycles. The standard InChI is InChI=1S/C28H27N5O4S/c1-19-7-11-21(12-8-19)27(35)30-28-33-32-26(38-28)17-25(34)31-29-18-22-5-3-4-6-24(22)37-16-15-36-23-13-9-20(2)10-14-23/h3-14,18H,15-17H2,1-2H3,(H,31,34)(H,30,33,35). The molecule has 0 atom stereocenters. The number of benzene rings is 3. The van der Waals surface area contributed by atoms with E-state index in [0.717, 1.165) is 22.6 Å². The van der Waals surface area contributed by atoms with Gasteiger partial charge in [0.05, 0.1) is 12.6 Å². The van der Waals surface area contributed by atoms with Crippen molar-refractivity contribution in [1.29, 1.82) is 0 Å². The van der Waals surface area contributed by atoms with Crippen LogP contribution in [0.2, 0.25) is 0 Å². The summed E-state index contributed by atoms with van der Waals surface area (Å²) >= 11 is 1.13. The summed E-state index contributed by atoms with van der Waals surface area (Å²) in [6.07, 6.45) is 1.49. The summed E-state index contributed by atoms with van der Waals surface area (Å²) in [5.41, 5.74) is 5.94. The fraction of sp³-hybridized carbons (Fsp3) is 0.179. The Morgan fingerprint density at radius 2 is 1.58 bits per heavy atom. The SMILES string of the molecule is Cc1ccc(OCCOc2ccccc2C=NNC(=O)Cc2nnc(NC(=O)c3ccc(C)cc3)s2)cc1. The van der Waals surface area contributed by atoms with Crippen molar-refractivity contribution in [3.05, 3.63) is 100 Å². The summed E-state index contributed by atoms with van der Waals surface area (Å²) in [6, 6.07) is 22.4. The van der Waals surface area contributed by atoms with Crippen LogP contribution in [0.1, 0.15) is 32.1 Å². The van der Waals surface area contributed by atoms with E-state index in [0.29, 0.717) is 40.2 Å². The molecule has 9 nitrogen and oxygen atoms in total. The molecular weight excluding hydrogens is 502 g/mol. The first-order chi connectivity index (χ1) is 18.5. The van der Waals surface area contributed by atoms with E-state index in [1.807, 2.05) is 74.5 Å². The van der Waals surface area contributed by atoms with E-state index in [1.165, 1.54) is 11.8 Å². The molecule has 4 rings (SSSR count). The number of nitrogens with zero attached hydrogens (tertiary/aromatic N) is 3. The molecule has 4 aromatic rings. The first-order valence-electron chi connectivity index (χ1n) is 11.9. The number of nitrogens with one attached hydrogen (secondary N) is 2. The Hall–Kier alpha value is -4.57. The van der Waals surface area contributed by atoms with Crippen LogP contribution in [0.5, 0.6) is 11.5 Å². The van der Waals surface area contributed by atoms with Gasteiger partial charge in [0.25, 0.3) is 5.91 Å². The maximum Gasteiger partial charge on any atom is 0.257 e. The monoisotopic (exact) mass is 529 g/mol. The number of hydrazone groups is 1. The number of carbonyl (C=O) groups is 2. The van der Waals surface area contributed by atoms with E-state index in [2.05, 4.69) is 26.0 Å². The summed E-state index contributed by atoms with van der Waals surface area (Å²) in [6.45, 7) is 4.71. The second-order valence-electron chi connectivity index (χ2n) is 8.34. The molecule has 0 saturated carbocycles. The third kappa shape index (κ3) is 7.97. The predicted molar refractivity (Wildman–Crippen MR) is 147 cm³/mol. The van der Waals surface area contributed by atoms with Crippen molar-refractivity contribution in [2.75, 3.05) is 18.5 Å². The normalized spacial score (nSPS) is 10.8. The molecule has 1 heterocycles. The van der Waals surface area contributed by atoms with Gasteiger partial charge in [0.15, 0.2) is 0 Å². The molecule has 0 bridgehead atoms. The smallest absolute Gasteiger partial charge is 0.257 e. The first kappa shape index (κ1) is 26.5. The van der Waals surface area contributed by atoms with Crippen LogP contribution in [0.15, 0.2) is 77.9 Å². The first-order valence-corrected chi connectivity index (χ1v) is 12.7. The average molecular weight is 530 g/mol. The molecule has 0 fully saturated rings. The number of ether oxygens (including phenoxy) is 2. The third-order valence-corrected chi connectivity index (χ3v) is 6.09. The van der Waals surface area contributed by atoms with Crippen LogP contribution in [-0.4, -0.2) is 41.4 Å². The molecule has 10 heteroatoms. The van der Waals surface area contributed by atoms with E-state index < -0.39 is 0 Å². The number of para-hydroxylation sites is 1. The van der Waals surface area contributed by atoms with Crippen molar-refractivity contribution in [2.24, 2.45) is 5.10 Å². The quantitative estimate of drug-likeness (QED) is 0.167. The van der Waals surface area contributed by atoms with Gasteiger partial charge in [0.2, 0.25) is 11.0 Å². The minimum atomic E-state index is -0.362. The van der Waals surface area contributed by atoms with Crippen LogP contribution in [0, 0.1) is 13.8 Å². The second kappa shape index (κ2) is 13.1. The zero-order chi connectivity index (χ0) is 26.7. The van der Waals surface area contributed by atoms with Gasteiger partial charge in [-0.3, -0.25) is 14.9 Å². The topological polar surface area (TPSA) is 115 Å². The van der Waals surface area contributed by atoms with E-state index in [-0.39, 0.29) is 18.2 Å². The van der Waals surface area contributed by atoms with E-state index >= 15 is 0 Å². The lowest BCUT2D eigenvalue weighted by Crippen LogP contribution is -2.19. The average Bonchev–Trinajstić information content (AvgIpc) is 3.35. The number of hydrogen-bond donors (Lipinski definition) is 2. The minimum Gasteiger partial charge on any atom is -0.490 e. The molecule has 0 aliphatic rings. The van der Waals surface area contributed by atoms with E-state index in [1.54, 1.807) is 12.1 Å². The van der Waals surface area contributed by atoms with Gasteiger partial charge in [-0.1, -0.05) is 58.9 Å². The van der Waals surface area contributed by atoms with Crippen molar-refractivity contribution in [2.45, 2.75) is 20.3 Å². The highest BCUT2D eigenvalue weighted by Gasteiger charge is 2.12. The summed E-state index contributed by atoms with van der Waals surface area (Å²) in [4.78, 5) is 24.6. The minimum absolute atomic E-state index is 0.0239. The molecule has 2 amide bonds. The number of anilines is 1. The lowest BCUT2D eigenvalue weighted by molar-refractivity contribution is -0.120. The van der Waals surface area contributed by atoms with Crippen molar-refractivity contribution >= 4 is 34.5 Å². The number of aromatic nitrogens is 2. The van der Waals surface area contributed by atoms with Gasteiger partial charge >= 0.3 is 0 Å². The van der Waals surface area contributed by atoms with Gasteiger partial charge in [0.1, 0.15) is 29.7 Å². The van der Waals surface area contributed by atoms with E-state index in [9.17, 15) is 9.59 Å². The Labute approximate surface area is 224 Å². The summed E-state index contributed by atoms with van der Waals surface area (Å²) in [5.74, 6) is 0.757. The van der Waals surface area contributed by atoms with Crippen molar-refractivity contribution in [3.8, 4) is 11.5 Å². The molecule has 3 aromatic carbocycles. The van der Waals surface area contributed by atoms with Gasteiger partial charge in [-0.25, -0.2) is 5.43 Å². The molecule has 1 aromatic heterocycles. The number of hydrogen-bond acceptors (Lipinski definition) is 8. The zero-order valence-corrected chi connectivity index (χ0v) is 21.8. The highest BCUT2D eigenvalue weighted by atomic mass is 32.1. The maximum atomic E-state index is 12.3. The van der Waals surface area contributed by atoms with Gasteiger partial charge in [-0.15, -0.1) is 10.2 Å². The molecular formula is C28H27N5O4S. The van der Waals surface area contributed by atoms with Gasteiger partial charge in [0, 0.05) is 11.1 Å². The summed E-state index contributed by atoms with van der Waals surface area (Å²) in [7, 11) is 0. The van der Waals surface area contributed by atoms with Gasteiger partial charge in [-0.05, 0) is 50.2 Å². The Balaban J connectivity index is 1.23. The zero-order valence-electron chi connectivity index (χ0n) is 21.0. The van der Waals surface area contributed by atoms with Gasteiger partial charge in [-0.2, -0.15) is 5.10 Å². The molecule has 0 radical (unpaired) electrons. The lowest BCUT2D eigenvalue weighted by Gasteiger charge is -2.10. The highest BCUT2D eigenvalue weighted by Crippen LogP contribution is 2.18. The number of rotatable bonds is 11. The summed E-state index contributed by atoms with van der Waals surface area (Å²) in [5, 5.41) is 15.4. The molecule has 2 N–H and O–H groups in total. The Kier molecular flexibility index (Phi) is 9.14.